The van der Waals surface area contributed by atoms with Crippen molar-refractivity contribution >= 4 is 39.4 Å². The lowest BCUT2D eigenvalue weighted by Gasteiger charge is -2.11. The van der Waals surface area contributed by atoms with E-state index in [0.29, 0.717) is 6.54 Å². The van der Waals surface area contributed by atoms with E-state index in [-0.39, 0.29) is 6.61 Å². The number of rotatable bonds is 5. The first-order chi connectivity index (χ1) is 11.2. The first-order valence-electron chi connectivity index (χ1n) is 7.67. The van der Waals surface area contributed by atoms with Crippen molar-refractivity contribution in [3.05, 3.63) is 59.1 Å². The number of aromatic nitrogens is 1. The van der Waals surface area contributed by atoms with Crippen LogP contribution in [0.4, 0.5) is 5.69 Å². The summed E-state index contributed by atoms with van der Waals surface area (Å²) >= 11 is 1.75. The van der Waals surface area contributed by atoms with Crippen molar-refractivity contribution in [3.63, 3.8) is 0 Å². The molecule has 0 bridgehead atoms. The van der Waals surface area contributed by atoms with Crippen LogP contribution in [0.3, 0.4) is 0 Å². The van der Waals surface area contributed by atoms with Gasteiger partial charge in [0.15, 0.2) is 6.54 Å². The van der Waals surface area contributed by atoms with Crippen molar-refractivity contribution in [3.8, 4) is 0 Å². The van der Waals surface area contributed by atoms with Crippen LogP contribution < -0.4 is 9.47 Å². The van der Waals surface area contributed by atoms with Crippen LogP contribution >= 0.6 is 11.3 Å². The van der Waals surface area contributed by atoms with Crippen molar-refractivity contribution in [1.29, 1.82) is 0 Å². The molecule has 0 spiro atoms. The van der Waals surface area contributed by atoms with Crippen LogP contribution in [0.5, 0.6) is 0 Å². The Hall–Kier alpha value is -2.17. The van der Waals surface area contributed by atoms with Gasteiger partial charge in [0, 0.05) is 31.9 Å². The van der Waals surface area contributed by atoms with Gasteiger partial charge in [-0.3, -0.25) is 0 Å². The van der Waals surface area contributed by atoms with Gasteiger partial charge in [0.2, 0.25) is 5.52 Å². The highest BCUT2D eigenvalue weighted by Crippen LogP contribution is 2.22. The van der Waals surface area contributed by atoms with Gasteiger partial charge in [-0.2, -0.15) is 4.57 Å². The maximum Gasteiger partial charge on any atom is 0.262 e. The average molecular weight is 325 g/mol. The van der Waals surface area contributed by atoms with Crippen LogP contribution in [0.15, 0.2) is 48.5 Å². The molecule has 4 heteroatoms. The van der Waals surface area contributed by atoms with E-state index in [1.54, 1.807) is 11.3 Å². The largest absolute Gasteiger partial charge is 0.390 e. The second-order valence-corrected chi connectivity index (χ2v) is 6.66. The molecular formula is C19H21N2OS+. The molecule has 0 aliphatic carbocycles. The zero-order valence-corrected chi connectivity index (χ0v) is 14.3. The third-order valence-corrected chi connectivity index (χ3v) is 4.92. The van der Waals surface area contributed by atoms with Crippen LogP contribution in [-0.4, -0.2) is 25.8 Å². The zero-order valence-electron chi connectivity index (χ0n) is 13.4. The smallest absolute Gasteiger partial charge is 0.262 e. The molecule has 2 aromatic carbocycles. The van der Waals surface area contributed by atoms with E-state index in [2.05, 4.69) is 64.1 Å². The number of benzene rings is 2. The number of hydrogen-bond donors (Lipinski definition) is 1. The predicted molar refractivity (Wildman–Crippen MR) is 98.8 cm³/mol. The van der Waals surface area contributed by atoms with Gasteiger partial charge in [-0.25, -0.2) is 0 Å². The minimum Gasteiger partial charge on any atom is -0.390 e. The fourth-order valence-corrected chi connectivity index (χ4v) is 3.65. The van der Waals surface area contributed by atoms with Gasteiger partial charge in [-0.05, 0) is 29.8 Å². The number of anilines is 1. The Morgan fingerprint density at radius 1 is 1.04 bits per heavy atom. The maximum absolute atomic E-state index is 9.34. The van der Waals surface area contributed by atoms with Gasteiger partial charge in [-0.1, -0.05) is 35.6 Å². The van der Waals surface area contributed by atoms with Crippen molar-refractivity contribution in [1.82, 2.24) is 0 Å². The van der Waals surface area contributed by atoms with Crippen LogP contribution in [0.1, 0.15) is 10.6 Å². The number of hydrogen-bond acceptors (Lipinski definition) is 3. The van der Waals surface area contributed by atoms with Crippen molar-refractivity contribution in [2.24, 2.45) is 0 Å². The zero-order chi connectivity index (χ0) is 16.2. The van der Waals surface area contributed by atoms with Crippen LogP contribution in [0.2, 0.25) is 0 Å². The molecule has 0 aliphatic rings. The summed E-state index contributed by atoms with van der Waals surface area (Å²) in [6, 6.07) is 16.8. The summed E-state index contributed by atoms with van der Waals surface area (Å²) in [5.74, 6) is 0. The van der Waals surface area contributed by atoms with E-state index in [0.717, 1.165) is 5.01 Å². The number of thiazole rings is 1. The van der Waals surface area contributed by atoms with Crippen LogP contribution in [-0.2, 0) is 6.54 Å². The van der Waals surface area contributed by atoms with E-state index in [1.807, 2.05) is 20.2 Å². The molecule has 1 aromatic heterocycles. The number of para-hydroxylation sites is 1. The average Bonchev–Trinajstić information content (AvgIpc) is 2.92. The minimum atomic E-state index is 0.143. The van der Waals surface area contributed by atoms with E-state index in [4.69, 9.17) is 0 Å². The monoisotopic (exact) mass is 325 g/mol. The molecule has 0 saturated carbocycles. The summed E-state index contributed by atoms with van der Waals surface area (Å²) in [5.41, 5.74) is 3.54. The summed E-state index contributed by atoms with van der Waals surface area (Å²) < 4.78 is 3.41. The first-order valence-corrected chi connectivity index (χ1v) is 8.48. The Morgan fingerprint density at radius 3 is 2.48 bits per heavy atom. The number of fused-ring (bicyclic) bond motifs is 1. The standard InChI is InChI=1S/C19H21N2OS/c1-20(2)16-10-7-15(8-11-16)9-12-19-21(13-14-22)17-5-3-4-6-18(17)23-19/h3-12,22H,13-14H2,1-2H3/q+1. The van der Waals surface area contributed by atoms with Crippen molar-refractivity contribution in [2.75, 3.05) is 25.6 Å². The molecule has 1 heterocycles. The Labute approximate surface area is 140 Å². The van der Waals surface area contributed by atoms with E-state index in [9.17, 15) is 5.11 Å². The molecule has 0 aliphatic heterocycles. The van der Waals surface area contributed by atoms with Crippen LogP contribution in [0.25, 0.3) is 22.4 Å². The van der Waals surface area contributed by atoms with E-state index < -0.39 is 0 Å². The fraction of sp³-hybridized carbons (Fsp3) is 0.211. The number of aliphatic hydroxyl groups is 1. The molecule has 0 atom stereocenters. The quantitative estimate of drug-likeness (QED) is 0.728. The summed E-state index contributed by atoms with van der Waals surface area (Å²) in [7, 11) is 4.08. The molecule has 0 unspecified atom stereocenters. The lowest BCUT2D eigenvalue weighted by Crippen LogP contribution is -2.36. The van der Waals surface area contributed by atoms with Gasteiger partial charge >= 0.3 is 0 Å². The Kier molecular flexibility index (Phi) is 4.74. The van der Waals surface area contributed by atoms with E-state index >= 15 is 0 Å². The van der Waals surface area contributed by atoms with Gasteiger partial charge in [0.25, 0.3) is 5.01 Å². The topological polar surface area (TPSA) is 27.4 Å². The molecule has 1 N–H and O–H groups in total. The molecule has 0 amide bonds. The van der Waals surface area contributed by atoms with E-state index in [1.165, 1.54) is 21.5 Å². The van der Waals surface area contributed by atoms with Gasteiger partial charge < -0.3 is 10.0 Å². The third kappa shape index (κ3) is 3.44. The molecule has 118 valence electrons. The molecule has 3 aromatic rings. The molecule has 0 fully saturated rings. The lowest BCUT2D eigenvalue weighted by atomic mass is 10.2. The Balaban J connectivity index is 1.92. The number of nitrogens with zero attached hydrogens (tertiary/aromatic N) is 2. The second-order valence-electron chi connectivity index (χ2n) is 5.60. The maximum atomic E-state index is 9.34. The molecule has 3 rings (SSSR count). The van der Waals surface area contributed by atoms with Gasteiger partial charge in [-0.15, -0.1) is 0 Å². The number of aliphatic hydroxyl groups excluding tert-OH is 1. The minimum absolute atomic E-state index is 0.143. The summed E-state index contributed by atoms with van der Waals surface area (Å²) in [6.45, 7) is 0.757. The molecule has 23 heavy (non-hydrogen) atoms. The summed E-state index contributed by atoms with van der Waals surface area (Å²) in [5, 5.41) is 10.5. The van der Waals surface area contributed by atoms with Crippen molar-refractivity contribution < 1.29 is 9.67 Å². The highest BCUT2D eigenvalue weighted by Gasteiger charge is 2.17. The Morgan fingerprint density at radius 2 is 1.78 bits per heavy atom. The molecule has 3 nitrogen and oxygen atoms in total. The van der Waals surface area contributed by atoms with Crippen molar-refractivity contribution in [2.45, 2.75) is 6.54 Å². The molecular weight excluding hydrogens is 304 g/mol. The lowest BCUT2D eigenvalue weighted by molar-refractivity contribution is -0.670. The predicted octanol–water partition coefficient (Wildman–Crippen LogP) is 3.42. The second kappa shape index (κ2) is 6.94. The Bertz CT molecular complexity index is 819. The van der Waals surface area contributed by atoms with Gasteiger partial charge in [0.1, 0.15) is 11.3 Å². The highest BCUT2D eigenvalue weighted by molar-refractivity contribution is 7.18. The fourth-order valence-electron chi connectivity index (χ4n) is 2.56. The third-order valence-electron chi connectivity index (χ3n) is 3.79. The highest BCUT2D eigenvalue weighted by atomic mass is 32.1. The summed E-state index contributed by atoms with van der Waals surface area (Å²) in [4.78, 5) is 2.09. The van der Waals surface area contributed by atoms with Gasteiger partial charge in [0.05, 0.1) is 0 Å². The SMILES string of the molecule is CN(C)c1ccc(/C=C/c2sc3ccccc3[n+]2CCO)cc1. The van der Waals surface area contributed by atoms with Crippen LogP contribution in [0, 0.1) is 0 Å². The first kappa shape index (κ1) is 15.7. The molecule has 0 saturated heterocycles. The molecule has 0 radical (unpaired) electrons. The normalized spacial score (nSPS) is 11.4. The summed E-state index contributed by atoms with van der Waals surface area (Å²) in [6.07, 6.45) is 4.25.